The van der Waals surface area contributed by atoms with Gasteiger partial charge in [-0.25, -0.2) is 8.78 Å². The Kier molecular flexibility index (Phi) is 4.55. The molecule has 1 heterocycles. The first-order valence-corrected chi connectivity index (χ1v) is 7.71. The Balaban J connectivity index is 1.72. The number of benzene rings is 2. The summed E-state index contributed by atoms with van der Waals surface area (Å²) in [6.07, 6.45) is 2.02. The van der Waals surface area contributed by atoms with E-state index in [1.165, 1.54) is 6.07 Å². The fourth-order valence-corrected chi connectivity index (χ4v) is 2.71. The first-order chi connectivity index (χ1) is 11.6. The van der Waals surface area contributed by atoms with Crippen LogP contribution in [0.3, 0.4) is 0 Å². The molecule has 0 spiro atoms. The SMILES string of the molecule is O=C(Nc1ccc(C(=O)N2CCCC2)cc1)c1c(F)cccc1F. The van der Waals surface area contributed by atoms with Crippen LogP contribution in [0.2, 0.25) is 0 Å². The standard InChI is InChI=1S/C18H16F2N2O2/c19-14-4-3-5-15(20)16(14)17(23)21-13-8-6-12(7-9-13)18(24)22-10-1-2-11-22/h3-9H,1-2,10-11H2,(H,21,23). The zero-order chi connectivity index (χ0) is 17.1. The smallest absolute Gasteiger partial charge is 0.261 e. The second kappa shape index (κ2) is 6.78. The summed E-state index contributed by atoms with van der Waals surface area (Å²) in [5.74, 6) is -2.77. The van der Waals surface area contributed by atoms with Gasteiger partial charge in [0.25, 0.3) is 11.8 Å². The van der Waals surface area contributed by atoms with Gasteiger partial charge in [0.05, 0.1) is 0 Å². The van der Waals surface area contributed by atoms with Crippen molar-refractivity contribution in [1.29, 1.82) is 0 Å². The maximum Gasteiger partial charge on any atom is 0.261 e. The Labute approximate surface area is 138 Å². The number of anilines is 1. The Hall–Kier alpha value is -2.76. The van der Waals surface area contributed by atoms with Gasteiger partial charge in [0.1, 0.15) is 17.2 Å². The van der Waals surface area contributed by atoms with E-state index in [0.29, 0.717) is 11.3 Å². The van der Waals surface area contributed by atoms with Gasteiger partial charge < -0.3 is 10.2 Å². The fraction of sp³-hybridized carbons (Fsp3) is 0.222. The predicted octanol–water partition coefficient (Wildman–Crippen LogP) is 3.45. The van der Waals surface area contributed by atoms with Crippen LogP contribution in [0, 0.1) is 11.6 Å². The highest BCUT2D eigenvalue weighted by Crippen LogP contribution is 2.18. The lowest BCUT2D eigenvalue weighted by atomic mass is 10.1. The van der Waals surface area contributed by atoms with Crippen molar-refractivity contribution in [1.82, 2.24) is 4.90 Å². The second-order valence-electron chi connectivity index (χ2n) is 5.63. The maximum absolute atomic E-state index is 13.6. The van der Waals surface area contributed by atoms with Gasteiger partial charge in [-0.2, -0.15) is 0 Å². The summed E-state index contributed by atoms with van der Waals surface area (Å²) in [6, 6.07) is 9.51. The zero-order valence-electron chi connectivity index (χ0n) is 12.9. The summed E-state index contributed by atoms with van der Waals surface area (Å²) in [6.45, 7) is 1.51. The molecule has 1 N–H and O–H groups in total. The van der Waals surface area contributed by atoms with E-state index in [1.807, 2.05) is 0 Å². The van der Waals surface area contributed by atoms with Gasteiger partial charge in [-0.1, -0.05) is 6.07 Å². The number of rotatable bonds is 3. The summed E-state index contributed by atoms with van der Waals surface area (Å²) in [7, 11) is 0. The first kappa shape index (κ1) is 16.1. The third-order valence-corrected chi connectivity index (χ3v) is 3.97. The van der Waals surface area contributed by atoms with Gasteiger partial charge in [-0.05, 0) is 49.2 Å². The van der Waals surface area contributed by atoms with E-state index in [1.54, 1.807) is 29.2 Å². The number of carbonyl (C=O) groups is 2. The van der Waals surface area contributed by atoms with Crippen molar-refractivity contribution in [3.63, 3.8) is 0 Å². The highest BCUT2D eigenvalue weighted by atomic mass is 19.1. The lowest BCUT2D eigenvalue weighted by Crippen LogP contribution is -2.27. The van der Waals surface area contributed by atoms with Gasteiger partial charge in [0, 0.05) is 24.3 Å². The van der Waals surface area contributed by atoms with Gasteiger partial charge in [0.2, 0.25) is 0 Å². The number of hydrogen-bond acceptors (Lipinski definition) is 2. The quantitative estimate of drug-likeness (QED) is 0.937. The monoisotopic (exact) mass is 330 g/mol. The summed E-state index contributed by atoms with van der Waals surface area (Å²) in [5.41, 5.74) is 0.252. The molecule has 0 atom stereocenters. The number of likely N-dealkylation sites (tertiary alicyclic amines) is 1. The van der Waals surface area contributed by atoms with Crippen LogP contribution >= 0.6 is 0 Å². The van der Waals surface area contributed by atoms with Crippen molar-refractivity contribution in [3.8, 4) is 0 Å². The molecule has 0 aliphatic carbocycles. The molecular formula is C18H16F2N2O2. The molecule has 0 bridgehead atoms. The lowest BCUT2D eigenvalue weighted by Gasteiger charge is -2.15. The number of amides is 2. The molecule has 1 aliphatic rings. The fourth-order valence-electron chi connectivity index (χ4n) is 2.71. The zero-order valence-corrected chi connectivity index (χ0v) is 12.9. The van der Waals surface area contributed by atoms with E-state index in [9.17, 15) is 18.4 Å². The van der Waals surface area contributed by atoms with Gasteiger partial charge in [-0.15, -0.1) is 0 Å². The van der Waals surface area contributed by atoms with Crippen LogP contribution in [0.25, 0.3) is 0 Å². The molecule has 0 aromatic heterocycles. The highest BCUT2D eigenvalue weighted by molar-refractivity contribution is 6.05. The van der Waals surface area contributed by atoms with Crippen LogP contribution in [-0.2, 0) is 0 Å². The summed E-state index contributed by atoms with van der Waals surface area (Å²) in [4.78, 5) is 26.0. The average molecular weight is 330 g/mol. The molecule has 1 aliphatic heterocycles. The molecule has 1 saturated heterocycles. The van der Waals surface area contributed by atoms with Crippen LogP contribution in [-0.4, -0.2) is 29.8 Å². The highest BCUT2D eigenvalue weighted by Gasteiger charge is 2.20. The molecule has 124 valence electrons. The minimum atomic E-state index is -0.923. The van der Waals surface area contributed by atoms with Crippen molar-refractivity contribution >= 4 is 17.5 Å². The molecule has 2 aromatic carbocycles. The largest absolute Gasteiger partial charge is 0.339 e. The first-order valence-electron chi connectivity index (χ1n) is 7.71. The van der Waals surface area contributed by atoms with Crippen LogP contribution in [0.5, 0.6) is 0 Å². The lowest BCUT2D eigenvalue weighted by molar-refractivity contribution is 0.0792. The maximum atomic E-state index is 13.6. The van der Waals surface area contributed by atoms with Crippen molar-refractivity contribution in [2.45, 2.75) is 12.8 Å². The third kappa shape index (κ3) is 3.27. The molecule has 3 rings (SSSR count). The van der Waals surface area contributed by atoms with E-state index in [0.717, 1.165) is 38.1 Å². The van der Waals surface area contributed by atoms with E-state index >= 15 is 0 Å². The van der Waals surface area contributed by atoms with Gasteiger partial charge in [0.15, 0.2) is 0 Å². The molecule has 4 nitrogen and oxygen atoms in total. The van der Waals surface area contributed by atoms with Gasteiger partial charge in [-0.3, -0.25) is 9.59 Å². The minimum absolute atomic E-state index is 0.0504. The molecule has 24 heavy (non-hydrogen) atoms. The van der Waals surface area contributed by atoms with Crippen LogP contribution in [0.15, 0.2) is 42.5 Å². The van der Waals surface area contributed by atoms with Crippen molar-refractivity contribution < 1.29 is 18.4 Å². The number of carbonyl (C=O) groups excluding carboxylic acids is 2. The summed E-state index contributed by atoms with van der Waals surface area (Å²) in [5, 5.41) is 2.43. The second-order valence-corrected chi connectivity index (χ2v) is 5.63. The topological polar surface area (TPSA) is 49.4 Å². The molecule has 6 heteroatoms. The van der Waals surface area contributed by atoms with Crippen LogP contribution in [0.1, 0.15) is 33.6 Å². The third-order valence-electron chi connectivity index (χ3n) is 3.97. The Morgan fingerprint density at radius 3 is 2.08 bits per heavy atom. The summed E-state index contributed by atoms with van der Waals surface area (Å²) < 4.78 is 27.2. The van der Waals surface area contributed by atoms with Crippen LogP contribution < -0.4 is 5.32 Å². The minimum Gasteiger partial charge on any atom is -0.339 e. The molecule has 1 fully saturated rings. The average Bonchev–Trinajstić information content (AvgIpc) is 3.09. The summed E-state index contributed by atoms with van der Waals surface area (Å²) >= 11 is 0. The van der Waals surface area contributed by atoms with Crippen molar-refractivity contribution in [3.05, 3.63) is 65.2 Å². The molecular weight excluding hydrogens is 314 g/mol. The van der Waals surface area contributed by atoms with Crippen molar-refractivity contribution in [2.75, 3.05) is 18.4 Å². The molecule has 0 saturated carbocycles. The number of nitrogens with one attached hydrogen (secondary N) is 1. The Bertz CT molecular complexity index is 749. The van der Waals surface area contributed by atoms with E-state index in [-0.39, 0.29) is 5.91 Å². The van der Waals surface area contributed by atoms with Crippen LogP contribution in [0.4, 0.5) is 14.5 Å². The number of halogens is 2. The van der Waals surface area contributed by atoms with Crippen molar-refractivity contribution in [2.24, 2.45) is 0 Å². The molecule has 0 radical (unpaired) electrons. The Morgan fingerprint density at radius 1 is 0.917 bits per heavy atom. The number of hydrogen-bond donors (Lipinski definition) is 1. The van der Waals surface area contributed by atoms with E-state index in [2.05, 4.69) is 5.32 Å². The Morgan fingerprint density at radius 2 is 1.50 bits per heavy atom. The van der Waals surface area contributed by atoms with E-state index < -0.39 is 23.1 Å². The number of nitrogens with zero attached hydrogens (tertiary/aromatic N) is 1. The predicted molar refractivity (Wildman–Crippen MR) is 85.9 cm³/mol. The molecule has 2 amide bonds. The molecule has 2 aromatic rings. The molecule has 0 unspecified atom stereocenters. The normalized spacial score (nSPS) is 13.8. The van der Waals surface area contributed by atoms with Gasteiger partial charge >= 0.3 is 0 Å². The van der Waals surface area contributed by atoms with E-state index in [4.69, 9.17) is 0 Å².